The van der Waals surface area contributed by atoms with Gasteiger partial charge in [0, 0.05) is 19.4 Å². The Morgan fingerprint density at radius 3 is 2.64 bits per heavy atom. The Hall–Kier alpha value is -1.61. The minimum atomic E-state index is -1.19. The van der Waals surface area contributed by atoms with Gasteiger partial charge in [-0.2, -0.15) is 0 Å². The Bertz CT molecular complexity index is 1110. The van der Waals surface area contributed by atoms with Gasteiger partial charge in [0.15, 0.2) is 5.60 Å². The third kappa shape index (κ3) is 6.82. The highest BCUT2D eigenvalue weighted by Gasteiger charge is 2.50. The van der Waals surface area contributed by atoms with Crippen LogP contribution in [0.4, 0.5) is 0 Å². The highest BCUT2D eigenvalue weighted by molar-refractivity contribution is 9.12. The maximum absolute atomic E-state index is 12.6. The van der Waals surface area contributed by atoms with E-state index in [9.17, 15) is 9.90 Å². The lowest BCUT2D eigenvalue weighted by Crippen LogP contribution is -2.78. The second-order valence-electron chi connectivity index (χ2n) is 8.02. The molecule has 1 heterocycles. The Balaban J connectivity index is 1.46. The number of amides is 1. The van der Waals surface area contributed by atoms with Crippen LogP contribution in [0.25, 0.3) is 0 Å². The van der Waals surface area contributed by atoms with Crippen LogP contribution in [0.3, 0.4) is 0 Å². The van der Waals surface area contributed by atoms with Crippen LogP contribution in [0.15, 0.2) is 47.0 Å². The summed E-state index contributed by atoms with van der Waals surface area (Å²) in [5.74, 6) is 0.956. The zero-order valence-corrected chi connectivity index (χ0v) is 25.6. The molecule has 36 heavy (non-hydrogen) atoms. The van der Waals surface area contributed by atoms with E-state index in [4.69, 9.17) is 25.8 Å². The molecule has 0 saturated carbocycles. The van der Waals surface area contributed by atoms with Crippen LogP contribution < -0.4 is 26.5 Å². The van der Waals surface area contributed by atoms with Crippen LogP contribution in [-0.2, 0) is 20.8 Å². The summed E-state index contributed by atoms with van der Waals surface area (Å²) in [6.07, 6.45) is 1.99. The predicted molar refractivity (Wildman–Crippen MR) is 150 cm³/mol. The third-order valence-corrected chi connectivity index (χ3v) is 7.96. The summed E-state index contributed by atoms with van der Waals surface area (Å²) in [6.45, 7) is 1.38. The number of oxime groups is 1. The fraction of sp³-hybridized carbons (Fsp3) is 0.409. The molecule has 1 amide bonds. The number of aliphatic hydroxyl groups excluding tert-OH is 1. The van der Waals surface area contributed by atoms with E-state index in [1.807, 2.05) is 12.1 Å². The monoisotopic (exact) mass is 756 g/mol. The highest BCUT2D eigenvalue weighted by atomic mass is 79.9. The van der Waals surface area contributed by atoms with Gasteiger partial charge in [-0.1, -0.05) is 5.16 Å². The molecular formula is C22H26Br4N5O5+. The summed E-state index contributed by atoms with van der Waals surface area (Å²) in [6, 6.07) is 3.94. The van der Waals surface area contributed by atoms with Gasteiger partial charge in [0.05, 0.1) is 38.2 Å². The van der Waals surface area contributed by atoms with Crippen molar-refractivity contribution >= 4 is 81.3 Å². The number of carbonyl (C=O) groups is 1. The Morgan fingerprint density at radius 2 is 2.00 bits per heavy atom. The molecule has 1 aromatic rings. The first kappa shape index (κ1) is 29.0. The van der Waals surface area contributed by atoms with E-state index in [0.29, 0.717) is 46.6 Å². The van der Waals surface area contributed by atoms with Crippen LogP contribution in [0.2, 0.25) is 0 Å². The number of rotatable bonds is 10. The molecule has 0 unspecified atom stereocenters. The number of hydrogen-bond donors (Lipinski definition) is 5. The molecule has 10 nitrogen and oxygen atoms in total. The highest BCUT2D eigenvalue weighted by Crippen LogP contribution is 2.44. The van der Waals surface area contributed by atoms with E-state index in [1.54, 1.807) is 6.08 Å². The van der Waals surface area contributed by atoms with Crippen molar-refractivity contribution in [1.29, 1.82) is 0 Å². The van der Waals surface area contributed by atoms with Crippen molar-refractivity contribution in [3.63, 3.8) is 0 Å². The van der Waals surface area contributed by atoms with Gasteiger partial charge in [0.2, 0.25) is 0 Å². The van der Waals surface area contributed by atoms with Crippen molar-refractivity contribution < 1.29 is 29.2 Å². The largest absolute Gasteiger partial charge is 0.495 e. The van der Waals surface area contributed by atoms with Crippen LogP contribution >= 0.6 is 63.7 Å². The molecule has 1 aliphatic carbocycles. The average molecular weight is 760 g/mol. The topological polar surface area (TPSA) is 155 Å². The molecule has 0 saturated heterocycles. The summed E-state index contributed by atoms with van der Waals surface area (Å²) in [4.78, 5) is 21.0. The average Bonchev–Trinajstić information content (AvgIpc) is 3.24. The van der Waals surface area contributed by atoms with E-state index in [2.05, 4.69) is 79.2 Å². The van der Waals surface area contributed by atoms with Crippen LogP contribution in [0.1, 0.15) is 18.4 Å². The zero-order valence-electron chi connectivity index (χ0n) is 19.2. The number of nitrogens with two attached hydrogens (primary N) is 2. The number of allylic oxidation sites excluding steroid dienone is 1. The van der Waals surface area contributed by atoms with Gasteiger partial charge in [-0.05, 0) is 93.9 Å². The summed E-state index contributed by atoms with van der Waals surface area (Å²) in [5, 5.41) is 17.4. The van der Waals surface area contributed by atoms with E-state index in [1.165, 1.54) is 7.11 Å². The molecule has 1 aliphatic heterocycles. The molecule has 14 heteroatoms. The van der Waals surface area contributed by atoms with Gasteiger partial charge in [0.25, 0.3) is 5.91 Å². The second-order valence-corrected chi connectivity index (χ2v) is 11.4. The number of nitrogens with zero attached hydrogens (tertiary/aromatic N) is 1. The van der Waals surface area contributed by atoms with Crippen LogP contribution in [0, 0.1) is 0 Å². The van der Waals surface area contributed by atoms with Crippen molar-refractivity contribution in [2.24, 2.45) is 16.6 Å². The molecule has 2 aliphatic rings. The van der Waals surface area contributed by atoms with Crippen LogP contribution in [-0.4, -0.2) is 61.2 Å². The first-order chi connectivity index (χ1) is 17.1. The number of methoxy groups -OCH3 is 1. The van der Waals surface area contributed by atoms with Gasteiger partial charge < -0.3 is 24.7 Å². The number of guanidine groups is 1. The van der Waals surface area contributed by atoms with Crippen LogP contribution in [0.5, 0.6) is 5.75 Å². The van der Waals surface area contributed by atoms with E-state index < -0.39 is 11.7 Å². The van der Waals surface area contributed by atoms with Gasteiger partial charge in [-0.25, -0.2) is 0 Å². The SMILES string of the molecule is COC1=C(Br)[C@@H](O)[C@]2(C=C1Br)CC(C(=O)NCCCOc1c(Br)cc(CC[NH+]=C(N)N)cc1Br)=NO2. The molecule has 3 rings (SSSR count). The predicted octanol–water partition coefficient (Wildman–Crippen LogP) is 1.41. The molecule has 2 atom stereocenters. The van der Waals surface area contributed by atoms with Gasteiger partial charge in [-0.15, -0.1) is 0 Å². The minimum Gasteiger partial charge on any atom is -0.495 e. The Morgan fingerprint density at radius 1 is 1.31 bits per heavy atom. The van der Waals surface area contributed by atoms with Gasteiger partial charge in [-0.3, -0.25) is 21.3 Å². The van der Waals surface area contributed by atoms with Gasteiger partial charge in [0.1, 0.15) is 23.3 Å². The summed E-state index contributed by atoms with van der Waals surface area (Å²) in [5.41, 5.74) is 10.9. The lowest BCUT2D eigenvalue weighted by Gasteiger charge is -2.33. The maximum Gasteiger partial charge on any atom is 0.338 e. The fourth-order valence-corrected chi connectivity index (χ4v) is 6.92. The lowest BCUT2D eigenvalue weighted by molar-refractivity contribution is -0.458. The van der Waals surface area contributed by atoms with Crippen molar-refractivity contribution in [3.8, 4) is 5.75 Å². The number of ether oxygens (including phenoxy) is 2. The first-order valence-electron chi connectivity index (χ1n) is 10.8. The number of halogens is 4. The van der Waals surface area contributed by atoms with E-state index >= 15 is 0 Å². The Kier molecular flexibility index (Phi) is 10.3. The van der Waals surface area contributed by atoms with Crippen molar-refractivity contribution in [2.75, 3.05) is 26.8 Å². The number of carbonyl (C=O) groups excluding carboxylic acids is 1. The smallest absolute Gasteiger partial charge is 0.338 e. The standard InChI is InChI=1S/C22H25Br4N5O5/c1-34-18-14(25)9-22(19(32)16(18)26)10-15(31-36-22)20(33)29-4-2-6-35-17-12(23)7-11(8-13(17)24)3-5-30-21(27)28/h7-9,19,32H,2-6,10H2,1H3,(H,29,33)(H4,27,28,30)/p+1/t19-,22+/m1/s1. The molecule has 196 valence electrons. The molecule has 0 bridgehead atoms. The first-order valence-corrected chi connectivity index (χ1v) is 14.0. The zero-order chi connectivity index (χ0) is 26.5. The number of hydrogen-bond acceptors (Lipinski definition) is 6. The molecule has 0 radical (unpaired) electrons. The molecule has 1 spiro atoms. The normalized spacial score (nSPS) is 21.0. The molecule has 7 N–H and O–H groups in total. The number of aliphatic hydroxyl groups is 1. The maximum atomic E-state index is 12.6. The summed E-state index contributed by atoms with van der Waals surface area (Å²) >= 11 is 13.8. The molecule has 0 aromatic heterocycles. The summed E-state index contributed by atoms with van der Waals surface area (Å²) in [7, 11) is 1.50. The van der Waals surface area contributed by atoms with Crippen molar-refractivity contribution in [1.82, 2.24) is 5.32 Å². The third-order valence-electron chi connectivity index (χ3n) is 5.40. The minimum absolute atomic E-state index is 0.107. The second kappa shape index (κ2) is 12.8. The number of benzene rings is 1. The fourth-order valence-electron chi connectivity index (χ4n) is 3.61. The van der Waals surface area contributed by atoms with Crippen molar-refractivity contribution in [3.05, 3.63) is 47.4 Å². The van der Waals surface area contributed by atoms with E-state index in [0.717, 1.165) is 20.9 Å². The number of nitrogens with one attached hydrogen (secondary N) is 2. The molecular weight excluding hydrogens is 734 g/mol. The summed E-state index contributed by atoms with van der Waals surface area (Å²) < 4.78 is 13.8. The quantitative estimate of drug-likeness (QED) is 0.137. The Labute approximate surface area is 242 Å². The lowest BCUT2D eigenvalue weighted by atomic mass is 9.87. The molecule has 1 aromatic carbocycles. The van der Waals surface area contributed by atoms with Crippen molar-refractivity contribution in [2.45, 2.75) is 31.0 Å². The van der Waals surface area contributed by atoms with E-state index in [-0.39, 0.29) is 24.0 Å². The molecule has 0 fully saturated rings. The van der Waals surface area contributed by atoms with Gasteiger partial charge >= 0.3 is 5.96 Å².